The van der Waals surface area contributed by atoms with Crippen LogP contribution < -0.4 is 0 Å². The van der Waals surface area contributed by atoms with Gasteiger partial charge in [0.05, 0.1) is 0 Å². The highest BCUT2D eigenvalue weighted by molar-refractivity contribution is 9.09. The van der Waals surface area contributed by atoms with Crippen LogP contribution in [0.25, 0.3) is 0 Å². The average molecular weight is 241 g/mol. The number of carbonyl (C=O) groups is 1. The number of aryl methyl sites for hydroxylation is 1. The van der Waals surface area contributed by atoms with Crippen LogP contribution in [0.1, 0.15) is 27.9 Å². The second kappa shape index (κ2) is 5.18. The Morgan fingerprint density at radius 1 is 1.46 bits per heavy atom. The second-order valence-electron chi connectivity index (χ2n) is 3.05. The molecule has 0 saturated carbocycles. The van der Waals surface area contributed by atoms with Crippen molar-refractivity contribution in [2.45, 2.75) is 19.8 Å². The van der Waals surface area contributed by atoms with Crippen LogP contribution >= 0.6 is 15.9 Å². The molecule has 0 heterocycles. The van der Waals surface area contributed by atoms with E-state index < -0.39 is 0 Å². The number of rotatable bonds is 4. The van der Waals surface area contributed by atoms with Crippen LogP contribution in [0.4, 0.5) is 0 Å². The van der Waals surface area contributed by atoms with Crippen molar-refractivity contribution in [1.82, 2.24) is 0 Å². The summed E-state index contributed by atoms with van der Waals surface area (Å²) in [7, 11) is 0. The van der Waals surface area contributed by atoms with Gasteiger partial charge in [-0.15, -0.1) is 0 Å². The van der Waals surface area contributed by atoms with Crippen LogP contribution in [0, 0.1) is 6.92 Å². The monoisotopic (exact) mass is 240 g/mol. The lowest BCUT2D eigenvalue weighted by molar-refractivity contribution is 0.112. The van der Waals surface area contributed by atoms with E-state index in [2.05, 4.69) is 28.9 Å². The molecule has 2 heteroatoms. The zero-order valence-corrected chi connectivity index (χ0v) is 9.30. The molecular weight excluding hydrogens is 228 g/mol. The topological polar surface area (TPSA) is 17.1 Å². The van der Waals surface area contributed by atoms with Crippen molar-refractivity contribution in [3.63, 3.8) is 0 Å². The average Bonchev–Trinajstić information content (AvgIpc) is 2.15. The summed E-state index contributed by atoms with van der Waals surface area (Å²) in [5.41, 5.74) is 3.24. The maximum atomic E-state index is 10.7. The summed E-state index contributed by atoms with van der Waals surface area (Å²) >= 11 is 3.39. The third-order valence-corrected chi connectivity index (χ3v) is 2.69. The molecule has 1 nitrogen and oxygen atoms in total. The largest absolute Gasteiger partial charge is 0.298 e. The minimum Gasteiger partial charge on any atom is -0.298 e. The van der Waals surface area contributed by atoms with Crippen molar-refractivity contribution >= 4 is 22.2 Å². The predicted octanol–water partition coefficient (Wildman–Crippen LogP) is 3.14. The SMILES string of the molecule is Cc1cccc(C=O)c1CCCBr. The molecule has 0 saturated heterocycles. The highest BCUT2D eigenvalue weighted by Crippen LogP contribution is 2.14. The third-order valence-electron chi connectivity index (χ3n) is 2.13. The van der Waals surface area contributed by atoms with Gasteiger partial charge < -0.3 is 0 Å². The molecule has 0 unspecified atom stereocenters. The molecule has 70 valence electrons. The first kappa shape index (κ1) is 10.5. The number of hydrogen-bond donors (Lipinski definition) is 0. The summed E-state index contributed by atoms with van der Waals surface area (Å²) < 4.78 is 0. The van der Waals surface area contributed by atoms with Gasteiger partial charge in [-0.1, -0.05) is 34.1 Å². The fraction of sp³-hybridized carbons (Fsp3) is 0.364. The van der Waals surface area contributed by atoms with Crippen molar-refractivity contribution in [1.29, 1.82) is 0 Å². The van der Waals surface area contributed by atoms with Crippen LogP contribution in [-0.4, -0.2) is 11.6 Å². The summed E-state index contributed by atoms with van der Waals surface area (Å²) in [6.07, 6.45) is 2.99. The summed E-state index contributed by atoms with van der Waals surface area (Å²) in [4.78, 5) is 10.7. The van der Waals surface area contributed by atoms with E-state index in [4.69, 9.17) is 0 Å². The standard InChI is InChI=1S/C11H13BrO/c1-9-4-2-5-10(8-13)11(9)6-3-7-12/h2,4-5,8H,3,6-7H2,1H3. The summed E-state index contributed by atoms with van der Waals surface area (Å²) in [6, 6.07) is 5.86. The van der Waals surface area contributed by atoms with Crippen molar-refractivity contribution in [2.24, 2.45) is 0 Å². The number of aldehydes is 1. The van der Waals surface area contributed by atoms with Crippen molar-refractivity contribution in [2.75, 3.05) is 5.33 Å². The molecule has 0 spiro atoms. The van der Waals surface area contributed by atoms with E-state index in [0.717, 1.165) is 30.0 Å². The van der Waals surface area contributed by atoms with E-state index in [-0.39, 0.29) is 0 Å². The van der Waals surface area contributed by atoms with Crippen molar-refractivity contribution in [3.05, 3.63) is 34.9 Å². The molecule has 0 aliphatic carbocycles. The molecule has 0 aliphatic heterocycles. The van der Waals surface area contributed by atoms with Gasteiger partial charge in [0.15, 0.2) is 0 Å². The molecule has 1 aromatic rings. The first-order chi connectivity index (χ1) is 6.29. The first-order valence-corrected chi connectivity index (χ1v) is 5.51. The van der Waals surface area contributed by atoms with Gasteiger partial charge in [-0.3, -0.25) is 4.79 Å². The van der Waals surface area contributed by atoms with Crippen LogP contribution in [0.2, 0.25) is 0 Å². The maximum Gasteiger partial charge on any atom is 0.150 e. The molecule has 0 aliphatic rings. The number of halogens is 1. The second-order valence-corrected chi connectivity index (χ2v) is 3.85. The van der Waals surface area contributed by atoms with Gasteiger partial charge in [0, 0.05) is 10.9 Å². The van der Waals surface area contributed by atoms with E-state index in [1.165, 1.54) is 11.1 Å². The Labute approximate surface area is 87.3 Å². The highest BCUT2D eigenvalue weighted by atomic mass is 79.9. The molecule has 1 rings (SSSR count). The predicted molar refractivity (Wildman–Crippen MR) is 58.7 cm³/mol. The quantitative estimate of drug-likeness (QED) is 0.584. The van der Waals surface area contributed by atoms with Crippen molar-refractivity contribution < 1.29 is 4.79 Å². The number of benzene rings is 1. The van der Waals surface area contributed by atoms with Gasteiger partial charge in [0.25, 0.3) is 0 Å². The number of carbonyl (C=O) groups excluding carboxylic acids is 1. The van der Waals surface area contributed by atoms with Crippen LogP contribution in [0.5, 0.6) is 0 Å². The highest BCUT2D eigenvalue weighted by Gasteiger charge is 2.03. The number of hydrogen-bond acceptors (Lipinski definition) is 1. The van der Waals surface area contributed by atoms with Crippen LogP contribution in [0.3, 0.4) is 0 Å². The molecule has 0 bridgehead atoms. The lowest BCUT2D eigenvalue weighted by Crippen LogP contribution is -1.96. The third kappa shape index (κ3) is 2.66. The lowest BCUT2D eigenvalue weighted by Gasteiger charge is -2.06. The van der Waals surface area contributed by atoms with Gasteiger partial charge in [0.1, 0.15) is 6.29 Å². The molecule has 0 fully saturated rings. The van der Waals surface area contributed by atoms with Gasteiger partial charge in [-0.25, -0.2) is 0 Å². The molecule has 13 heavy (non-hydrogen) atoms. The molecular formula is C11H13BrO. The first-order valence-electron chi connectivity index (χ1n) is 4.39. The van der Waals surface area contributed by atoms with Gasteiger partial charge >= 0.3 is 0 Å². The Bertz CT molecular complexity index is 294. The van der Waals surface area contributed by atoms with Crippen LogP contribution in [0.15, 0.2) is 18.2 Å². The van der Waals surface area contributed by atoms with Crippen molar-refractivity contribution in [3.8, 4) is 0 Å². The normalized spacial score (nSPS) is 10.0. The molecule has 1 aromatic carbocycles. The van der Waals surface area contributed by atoms with E-state index in [0.29, 0.717) is 0 Å². The summed E-state index contributed by atoms with van der Waals surface area (Å²) in [5, 5.41) is 0.986. The Morgan fingerprint density at radius 2 is 2.23 bits per heavy atom. The Morgan fingerprint density at radius 3 is 2.85 bits per heavy atom. The zero-order valence-electron chi connectivity index (χ0n) is 7.72. The smallest absolute Gasteiger partial charge is 0.150 e. The van der Waals surface area contributed by atoms with E-state index in [1.807, 2.05) is 12.1 Å². The fourth-order valence-electron chi connectivity index (χ4n) is 1.42. The Kier molecular flexibility index (Phi) is 4.16. The number of alkyl halides is 1. The fourth-order valence-corrected chi connectivity index (χ4v) is 1.70. The zero-order chi connectivity index (χ0) is 9.68. The molecule has 0 radical (unpaired) electrons. The molecule has 0 N–H and O–H groups in total. The van der Waals surface area contributed by atoms with Crippen LogP contribution in [-0.2, 0) is 6.42 Å². The Balaban J connectivity index is 2.93. The summed E-state index contributed by atoms with van der Waals surface area (Å²) in [5.74, 6) is 0. The maximum absolute atomic E-state index is 10.7. The minimum absolute atomic E-state index is 0.834. The van der Waals surface area contributed by atoms with Gasteiger partial charge in [-0.2, -0.15) is 0 Å². The van der Waals surface area contributed by atoms with Gasteiger partial charge in [-0.05, 0) is 30.9 Å². The van der Waals surface area contributed by atoms with E-state index in [9.17, 15) is 4.79 Å². The van der Waals surface area contributed by atoms with Gasteiger partial charge in [0.2, 0.25) is 0 Å². The Hall–Kier alpha value is -0.630. The van der Waals surface area contributed by atoms with E-state index in [1.54, 1.807) is 0 Å². The summed E-state index contributed by atoms with van der Waals surface area (Å²) in [6.45, 7) is 2.05. The van der Waals surface area contributed by atoms with E-state index >= 15 is 0 Å². The lowest BCUT2D eigenvalue weighted by atomic mass is 9.99. The molecule has 0 aromatic heterocycles. The molecule has 0 amide bonds. The minimum atomic E-state index is 0.834. The molecule has 0 atom stereocenters.